The van der Waals surface area contributed by atoms with Gasteiger partial charge in [-0.1, -0.05) is 32.4 Å². The van der Waals surface area contributed by atoms with Crippen LogP contribution >= 0.6 is 11.6 Å². The fraction of sp³-hybridized carbons (Fsp3) is 0.529. The lowest BCUT2D eigenvalue weighted by molar-refractivity contribution is -0.159. The van der Waals surface area contributed by atoms with Crippen LogP contribution in [-0.2, 0) is 19.7 Å². The third kappa shape index (κ3) is 10.6. The molecule has 0 fully saturated rings. The van der Waals surface area contributed by atoms with Crippen molar-refractivity contribution in [3.63, 3.8) is 0 Å². The maximum absolute atomic E-state index is 9.10. The highest BCUT2D eigenvalue weighted by Gasteiger charge is 2.19. The molecule has 1 aromatic carbocycles. The first kappa shape index (κ1) is 23.2. The lowest BCUT2D eigenvalue weighted by Gasteiger charge is -2.23. The normalized spacial score (nSPS) is 10.6. The molecule has 1 aromatic rings. The van der Waals surface area contributed by atoms with E-state index in [1.807, 2.05) is 18.2 Å². The zero-order chi connectivity index (χ0) is 19.5. The van der Waals surface area contributed by atoms with Gasteiger partial charge in [0.05, 0.1) is 6.61 Å². The minimum atomic E-state index is -1.82. The summed E-state index contributed by atoms with van der Waals surface area (Å²) in [7, 11) is 1.70. The molecule has 0 spiro atoms. The highest BCUT2D eigenvalue weighted by Crippen LogP contribution is 2.33. The molecule has 7 nitrogen and oxygen atoms in total. The van der Waals surface area contributed by atoms with Crippen molar-refractivity contribution >= 4 is 23.5 Å². The summed E-state index contributed by atoms with van der Waals surface area (Å²) in [5.41, 5.74) is 1.15. The second kappa shape index (κ2) is 11.7. The zero-order valence-corrected chi connectivity index (χ0v) is 15.7. The third-order valence-corrected chi connectivity index (χ3v) is 3.19. The average molecular weight is 376 g/mol. The van der Waals surface area contributed by atoms with E-state index in [1.165, 1.54) is 0 Å². The molecular weight excluding hydrogens is 350 g/mol. The van der Waals surface area contributed by atoms with E-state index in [4.69, 9.17) is 40.9 Å². The van der Waals surface area contributed by atoms with Crippen LogP contribution in [0, 0.1) is 0 Å². The van der Waals surface area contributed by atoms with E-state index in [0.29, 0.717) is 13.2 Å². The van der Waals surface area contributed by atoms with E-state index in [1.54, 1.807) is 7.11 Å². The summed E-state index contributed by atoms with van der Waals surface area (Å²) in [5.74, 6) is -2.74. The summed E-state index contributed by atoms with van der Waals surface area (Å²) in [4.78, 5) is 18.2. The van der Waals surface area contributed by atoms with Gasteiger partial charge in [0.2, 0.25) is 0 Å². The quantitative estimate of drug-likeness (QED) is 0.496. The first-order chi connectivity index (χ1) is 11.6. The van der Waals surface area contributed by atoms with Crippen molar-refractivity contribution in [1.29, 1.82) is 0 Å². The minimum absolute atomic E-state index is 0.0176. The molecule has 0 saturated heterocycles. The molecule has 0 radical (unpaired) electrons. The first-order valence-electron chi connectivity index (χ1n) is 7.68. The summed E-state index contributed by atoms with van der Waals surface area (Å²) in [6, 6.07) is 5.79. The average Bonchev–Trinajstić information content (AvgIpc) is 2.51. The molecule has 0 aliphatic heterocycles. The van der Waals surface area contributed by atoms with Gasteiger partial charge in [0.1, 0.15) is 12.4 Å². The van der Waals surface area contributed by atoms with Gasteiger partial charge in [-0.3, -0.25) is 0 Å². The number of hydrogen-bond donors (Lipinski definition) is 3. The highest BCUT2D eigenvalue weighted by molar-refractivity contribution is 6.30. The number of hydrogen-bond acceptors (Lipinski definition) is 5. The number of halogens is 1. The van der Waals surface area contributed by atoms with Crippen molar-refractivity contribution in [2.45, 2.75) is 26.2 Å². The largest absolute Gasteiger partial charge is 0.492 e. The molecule has 142 valence electrons. The van der Waals surface area contributed by atoms with Crippen molar-refractivity contribution in [2.24, 2.45) is 0 Å². The van der Waals surface area contributed by atoms with Crippen molar-refractivity contribution in [2.75, 3.05) is 33.4 Å². The second-order valence-electron chi connectivity index (χ2n) is 6.09. The van der Waals surface area contributed by atoms with Gasteiger partial charge in [-0.05, 0) is 23.6 Å². The number of carboxylic acids is 2. The summed E-state index contributed by atoms with van der Waals surface area (Å²) < 4.78 is 10.8. The van der Waals surface area contributed by atoms with Gasteiger partial charge in [0.25, 0.3) is 0 Å². The number of ether oxygens (including phenoxy) is 2. The maximum Gasteiger partial charge on any atom is 0.414 e. The van der Waals surface area contributed by atoms with Crippen LogP contribution in [0.3, 0.4) is 0 Å². The van der Waals surface area contributed by atoms with E-state index in [0.717, 1.165) is 29.4 Å². The Bertz CT molecular complexity index is 545. The Morgan fingerprint density at radius 2 is 1.68 bits per heavy atom. The molecule has 0 saturated carbocycles. The zero-order valence-electron chi connectivity index (χ0n) is 15.0. The maximum atomic E-state index is 9.10. The van der Waals surface area contributed by atoms with Crippen LogP contribution in [0.15, 0.2) is 18.2 Å². The van der Waals surface area contributed by atoms with E-state index in [2.05, 4.69) is 26.1 Å². The SMILES string of the molecule is COCCNCCOc1ccc(Cl)cc1C(C)(C)C.O=C(O)C(=O)O. The molecular formula is C17H26ClNO6. The molecule has 0 heterocycles. The highest BCUT2D eigenvalue weighted by atomic mass is 35.5. The molecule has 0 aliphatic carbocycles. The van der Waals surface area contributed by atoms with E-state index >= 15 is 0 Å². The fourth-order valence-electron chi connectivity index (χ4n) is 1.75. The summed E-state index contributed by atoms with van der Waals surface area (Å²) in [6.45, 7) is 9.46. The number of methoxy groups -OCH3 is 1. The number of rotatable bonds is 7. The molecule has 0 unspecified atom stereocenters. The second-order valence-corrected chi connectivity index (χ2v) is 6.53. The molecule has 0 aliphatic rings. The molecule has 0 bridgehead atoms. The fourth-order valence-corrected chi connectivity index (χ4v) is 1.92. The van der Waals surface area contributed by atoms with Crippen LogP contribution < -0.4 is 10.1 Å². The number of benzene rings is 1. The van der Waals surface area contributed by atoms with E-state index in [-0.39, 0.29) is 5.41 Å². The lowest BCUT2D eigenvalue weighted by atomic mass is 9.86. The van der Waals surface area contributed by atoms with Gasteiger partial charge < -0.3 is 25.0 Å². The van der Waals surface area contributed by atoms with Crippen LogP contribution in [0.25, 0.3) is 0 Å². The molecule has 0 aromatic heterocycles. The molecule has 3 N–H and O–H groups in total. The number of aliphatic carboxylic acids is 2. The summed E-state index contributed by atoms with van der Waals surface area (Å²) in [6.07, 6.45) is 0. The predicted octanol–water partition coefficient (Wildman–Crippen LogP) is 2.41. The first-order valence-corrected chi connectivity index (χ1v) is 8.06. The Morgan fingerprint density at radius 1 is 1.12 bits per heavy atom. The van der Waals surface area contributed by atoms with Crippen molar-refractivity contribution in [1.82, 2.24) is 5.32 Å². The van der Waals surface area contributed by atoms with Crippen LogP contribution in [0.1, 0.15) is 26.3 Å². The Kier molecular flexibility index (Phi) is 10.8. The Balaban J connectivity index is 0.000000823. The Hall–Kier alpha value is -1.83. The Labute approximate surface area is 152 Å². The molecule has 0 atom stereocenters. The van der Waals surface area contributed by atoms with Crippen LogP contribution in [0.2, 0.25) is 5.02 Å². The standard InChI is InChI=1S/C15H24ClNO2.C2H2O4/c1-15(2,3)13-11-12(16)5-6-14(13)19-10-8-17-7-9-18-4;3-1(4)2(5)6/h5-6,11,17H,7-10H2,1-4H3;(H,3,4)(H,5,6). The van der Waals surface area contributed by atoms with Gasteiger partial charge in [0, 0.05) is 30.8 Å². The van der Waals surface area contributed by atoms with E-state index < -0.39 is 11.9 Å². The predicted molar refractivity (Wildman–Crippen MR) is 95.7 cm³/mol. The number of carboxylic acid groups (broad SMARTS) is 2. The number of nitrogens with one attached hydrogen (secondary N) is 1. The van der Waals surface area contributed by atoms with Gasteiger partial charge in [-0.25, -0.2) is 9.59 Å². The lowest BCUT2D eigenvalue weighted by Crippen LogP contribution is -2.25. The van der Waals surface area contributed by atoms with Crippen molar-refractivity contribution in [3.8, 4) is 5.75 Å². The molecule has 8 heteroatoms. The minimum Gasteiger partial charge on any atom is -0.492 e. The Morgan fingerprint density at radius 3 is 2.16 bits per heavy atom. The number of carbonyl (C=O) groups is 2. The van der Waals surface area contributed by atoms with Gasteiger partial charge in [-0.2, -0.15) is 0 Å². The van der Waals surface area contributed by atoms with Crippen LogP contribution in [0.4, 0.5) is 0 Å². The van der Waals surface area contributed by atoms with Crippen molar-refractivity contribution in [3.05, 3.63) is 28.8 Å². The summed E-state index contributed by atoms with van der Waals surface area (Å²) >= 11 is 6.06. The van der Waals surface area contributed by atoms with Gasteiger partial charge >= 0.3 is 11.9 Å². The molecule has 1 rings (SSSR count). The van der Waals surface area contributed by atoms with Gasteiger partial charge in [-0.15, -0.1) is 0 Å². The summed E-state index contributed by atoms with van der Waals surface area (Å²) in [5, 5.41) is 18.8. The van der Waals surface area contributed by atoms with Gasteiger partial charge in [0.15, 0.2) is 0 Å². The topological polar surface area (TPSA) is 105 Å². The monoisotopic (exact) mass is 375 g/mol. The molecule has 0 amide bonds. The van der Waals surface area contributed by atoms with Crippen LogP contribution in [-0.4, -0.2) is 55.6 Å². The third-order valence-electron chi connectivity index (χ3n) is 2.95. The smallest absolute Gasteiger partial charge is 0.414 e. The van der Waals surface area contributed by atoms with Crippen LogP contribution in [0.5, 0.6) is 5.75 Å². The van der Waals surface area contributed by atoms with E-state index in [9.17, 15) is 0 Å². The molecule has 25 heavy (non-hydrogen) atoms. The van der Waals surface area contributed by atoms with Crippen molar-refractivity contribution < 1.29 is 29.3 Å².